The molecule has 20 nitrogen and oxygen atoms in total. The van der Waals surface area contributed by atoms with Gasteiger partial charge in [-0.2, -0.15) is 8.42 Å². The molecule has 6 aliphatic heterocycles. The summed E-state index contributed by atoms with van der Waals surface area (Å²) in [5.74, 6) is 2.94. The molecule has 0 saturated carbocycles. The van der Waals surface area contributed by atoms with Crippen molar-refractivity contribution in [3.63, 3.8) is 0 Å². The number of aliphatic hydroxyl groups excluding tert-OH is 6. The smallest absolute Gasteiger partial charge is 0.394 e. The van der Waals surface area contributed by atoms with Crippen LogP contribution in [0.3, 0.4) is 0 Å². The second-order valence-electron chi connectivity index (χ2n) is 19.1. The lowest BCUT2D eigenvalue weighted by atomic mass is 9.73. The van der Waals surface area contributed by atoms with E-state index in [1.807, 2.05) is 48.5 Å². The highest BCUT2D eigenvalue weighted by Gasteiger charge is 2.44. The van der Waals surface area contributed by atoms with E-state index in [9.17, 15) is 40.2 Å². The Morgan fingerprint density at radius 1 is 0.750 bits per heavy atom. The van der Waals surface area contributed by atoms with E-state index in [0.717, 1.165) is 89.5 Å². The maximum Gasteiger partial charge on any atom is 0.394 e. The number of aliphatic hydroxyl groups is 6. The van der Waals surface area contributed by atoms with Crippen molar-refractivity contribution in [2.45, 2.75) is 74.4 Å². The molecule has 9 N–H and O–H groups in total. The lowest BCUT2D eigenvalue weighted by Gasteiger charge is -2.50. The maximum atomic E-state index is 11.6. The fraction of sp³-hybridized carbons (Fsp3) is 0.418. The molecule has 0 aliphatic carbocycles. The molecule has 0 radical (unpaired) electrons. The summed E-state index contributed by atoms with van der Waals surface area (Å²) in [7, 11) is -1.34. The van der Waals surface area contributed by atoms with Crippen molar-refractivity contribution in [3.05, 3.63) is 133 Å². The highest BCUT2D eigenvalue weighted by Crippen LogP contribution is 2.44. The summed E-state index contributed by atoms with van der Waals surface area (Å²) < 4.78 is 46.9. The molecule has 3 aromatic carbocycles. The molecule has 14 atom stereocenters. The predicted molar refractivity (Wildman–Crippen MR) is 282 cm³/mol. The number of nitrogens with zero attached hydrogens (tertiary/aromatic N) is 4. The first kappa shape index (κ1) is 59.0. The number of aromatic hydroxyl groups is 1. The van der Waals surface area contributed by atoms with Gasteiger partial charge in [-0.1, -0.05) is 30.4 Å². The molecule has 0 spiro atoms. The van der Waals surface area contributed by atoms with E-state index in [-0.39, 0.29) is 24.1 Å². The number of benzene rings is 3. The summed E-state index contributed by atoms with van der Waals surface area (Å²) >= 11 is 0. The van der Waals surface area contributed by atoms with Crippen LogP contribution in [0.5, 0.6) is 17.2 Å². The van der Waals surface area contributed by atoms with Gasteiger partial charge in [0.2, 0.25) is 0 Å². The maximum absolute atomic E-state index is 11.6. The molecule has 76 heavy (non-hydrogen) atoms. The van der Waals surface area contributed by atoms with Gasteiger partial charge in [0.15, 0.2) is 12.4 Å². The number of para-hydroxylation sites is 1. The monoisotopic (exact) mass is 1070 g/mol. The Labute approximate surface area is 441 Å². The molecule has 4 bridgehead atoms. The number of carbonyl (C=O) groups excluding carboxylic acids is 2. The zero-order valence-electron chi connectivity index (χ0n) is 42.3. The SMILES string of the molecule is C=C[C@H]1C[N@]2CC[C@H]1C[C@H]2[C@H](O)c1ccnc2ccc(OC)cc12.C=C[C@H]1C[N@]2CC[C@H]1C[C@H]2[C@H](O)c1ccnc2ccc(OC)cc12.O=C[C@H](OC(=O)/C=C/c1ccccc1O)[C@@H](O)[C@H](O)[C@H](O)CO.O=S(=O)(O)O. The van der Waals surface area contributed by atoms with E-state index in [1.54, 1.807) is 38.7 Å². The highest BCUT2D eigenvalue weighted by atomic mass is 32.3. The number of piperidine rings is 6. The van der Waals surface area contributed by atoms with Crippen molar-refractivity contribution in [2.24, 2.45) is 23.7 Å². The Hall–Kier alpha value is -6.21. The molecule has 6 aliphatic rings. The van der Waals surface area contributed by atoms with Crippen LogP contribution in [-0.4, -0.2) is 169 Å². The Balaban J connectivity index is 0.000000177. The number of rotatable bonds is 16. The molecule has 8 heterocycles. The average Bonchev–Trinajstić information content (AvgIpc) is 3.44. The third-order valence-electron chi connectivity index (χ3n) is 14.6. The van der Waals surface area contributed by atoms with Crippen LogP contribution >= 0.6 is 0 Å². The molecule has 6 saturated heterocycles. The number of pyridine rings is 2. The number of ether oxygens (including phenoxy) is 3. The van der Waals surface area contributed by atoms with Crippen LogP contribution in [0, 0.1) is 23.7 Å². The molecule has 5 aromatic rings. The minimum atomic E-state index is -4.67. The van der Waals surface area contributed by atoms with E-state index in [2.05, 4.69) is 49.8 Å². The van der Waals surface area contributed by atoms with Gasteiger partial charge in [0.25, 0.3) is 0 Å². The van der Waals surface area contributed by atoms with Crippen LogP contribution < -0.4 is 9.47 Å². The molecular formula is C55H68N4O16S. The predicted octanol–water partition coefficient (Wildman–Crippen LogP) is 4.28. The van der Waals surface area contributed by atoms with E-state index >= 15 is 0 Å². The van der Waals surface area contributed by atoms with Gasteiger partial charge in [-0.3, -0.25) is 33.7 Å². The van der Waals surface area contributed by atoms with Crippen molar-refractivity contribution in [1.82, 2.24) is 19.8 Å². The zero-order valence-corrected chi connectivity index (χ0v) is 43.1. The summed E-state index contributed by atoms with van der Waals surface area (Å²) in [6.45, 7) is 11.3. The Bertz CT molecular complexity index is 2770. The summed E-state index contributed by atoms with van der Waals surface area (Å²) in [5, 5.41) is 70.8. The number of hydrogen-bond acceptors (Lipinski definition) is 18. The lowest BCUT2D eigenvalue weighted by Crippen LogP contribution is -2.54. The van der Waals surface area contributed by atoms with Crippen LogP contribution in [0.2, 0.25) is 0 Å². The first-order valence-corrected chi connectivity index (χ1v) is 26.1. The summed E-state index contributed by atoms with van der Waals surface area (Å²) in [5.41, 5.74) is 4.03. The van der Waals surface area contributed by atoms with Gasteiger partial charge in [-0.05, 0) is 134 Å². The van der Waals surface area contributed by atoms with Crippen LogP contribution in [0.4, 0.5) is 0 Å². The molecule has 21 heteroatoms. The molecule has 0 unspecified atom stereocenters. The van der Waals surface area contributed by atoms with Gasteiger partial charge in [0.05, 0.1) is 44.1 Å². The Morgan fingerprint density at radius 3 is 1.62 bits per heavy atom. The van der Waals surface area contributed by atoms with Crippen LogP contribution in [0.25, 0.3) is 27.9 Å². The van der Waals surface area contributed by atoms with Crippen LogP contribution in [0.1, 0.15) is 54.6 Å². The number of phenolic OH excluding ortho intramolecular Hbond substituents is 1. The molecule has 2 aromatic heterocycles. The number of fused-ring (bicyclic) bond motifs is 8. The molecule has 410 valence electrons. The number of aldehydes is 1. The van der Waals surface area contributed by atoms with Crippen molar-refractivity contribution in [2.75, 3.05) is 47.0 Å². The fourth-order valence-corrected chi connectivity index (χ4v) is 10.6. The largest absolute Gasteiger partial charge is 0.507 e. The van der Waals surface area contributed by atoms with E-state index in [4.69, 9.17) is 32.1 Å². The van der Waals surface area contributed by atoms with Crippen molar-refractivity contribution < 1.29 is 77.1 Å². The van der Waals surface area contributed by atoms with Gasteiger partial charge in [-0.25, -0.2) is 4.79 Å². The Morgan fingerprint density at radius 2 is 1.22 bits per heavy atom. The third-order valence-corrected chi connectivity index (χ3v) is 14.6. The average molecular weight is 1070 g/mol. The van der Waals surface area contributed by atoms with Crippen molar-refractivity contribution in [1.29, 1.82) is 0 Å². The van der Waals surface area contributed by atoms with E-state index in [0.29, 0.717) is 29.2 Å². The van der Waals surface area contributed by atoms with Gasteiger partial charge in [0, 0.05) is 60.0 Å². The third kappa shape index (κ3) is 15.0. The van der Waals surface area contributed by atoms with Gasteiger partial charge in [0.1, 0.15) is 35.6 Å². The van der Waals surface area contributed by atoms with Crippen molar-refractivity contribution >= 4 is 50.5 Å². The summed E-state index contributed by atoms with van der Waals surface area (Å²) in [6, 6.07) is 22.1. The normalized spacial score (nSPS) is 24.9. The number of methoxy groups -OCH3 is 2. The van der Waals surface area contributed by atoms with Gasteiger partial charge in [-0.15, -0.1) is 13.2 Å². The van der Waals surface area contributed by atoms with Crippen molar-refractivity contribution in [3.8, 4) is 17.2 Å². The van der Waals surface area contributed by atoms with E-state index in [1.165, 1.54) is 31.1 Å². The quantitative estimate of drug-likeness (QED) is 0.0219. The topological polar surface area (TPSA) is 310 Å². The lowest BCUT2D eigenvalue weighted by molar-refractivity contribution is -0.163. The fourth-order valence-electron chi connectivity index (χ4n) is 10.6. The standard InChI is InChI=1S/2C20H24N2O2.C15H18O8.H2O4S/c2*1-3-13-12-22-9-7-14(13)10-19(22)20(23)16-6-8-21-18-5-4-15(24-2)11-17(16)18;16-7-11(19)14(21)15(22)12(8-17)23-13(20)6-5-9-3-1-2-4-10(9)18;1-5(2,3)4/h2*3-6,8,11,13-14,19-20,23H,1,7,9-10,12H2,2H3;1-6,8,11-12,14-16,18-19,21-22H,7H2;(H2,1,2,3,4)/b;;6-5+;/t2*13-,14-,19-,20+;11-,12+,14-,15-;/m001./s1. The minimum absolute atomic E-state index is 0.0648. The number of carbonyl (C=O) groups is 2. The second-order valence-corrected chi connectivity index (χ2v) is 20.0. The minimum Gasteiger partial charge on any atom is -0.507 e. The number of esters is 1. The summed E-state index contributed by atoms with van der Waals surface area (Å²) in [4.78, 5) is 36.2. The highest BCUT2D eigenvalue weighted by molar-refractivity contribution is 7.79. The molecule has 11 rings (SSSR count). The number of phenols is 1. The zero-order chi connectivity index (χ0) is 55.3. The molecule has 6 fully saturated rings. The van der Waals surface area contributed by atoms with E-state index < -0.39 is 59.6 Å². The Kier molecular flexibility index (Phi) is 21.1. The molecular weight excluding hydrogens is 1000 g/mol. The summed E-state index contributed by atoms with van der Waals surface area (Å²) in [6.07, 6.45) is 6.30. The first-order valence-electron chi connectivity index (χ1n) is 24.7. The number of hydrogen-bond donors (Lipinski definition) is 9. The van der Waals surface area contributed by atoms with Gasteiger partial charge >= 0.3 is 16.4 Å². The first-order chi connectivity index (χ1) is 36.3. The van der Waals surface area contributed by atoms with Crippen LogP contribution in [0.15, 0.2) is 117 Å². The molecule has 0 amide bonds. The second kappa shape index (κ2) is 27.2. The van der Waals surface area contributed by atoms with Gasteiger partial charge < -0.3 is 50.0 Å². The van der Waals surface area contributed by atoms with Crippen LogP contribution in [-0.2, 0) is 24.7 Å². The number of aromatic nitrogens is 2.